The largest absolute Gasteiger partial charge is 0.493 e. The molecule has 2 aliphatic rings. The molecule has 2 unspecified atom stereocenters. The maximum absolute atomic E-state index is 13.3. The van der Waals surface area contributed by atoms with E-state index >= 15 is 0 Å². The van der Waals surface area contributed by atoms with Gasteiger partial charge in [-0.05, 0) is 96.9 Å². The van der Waals surface area contributed by atoms with Gasteiger partial charge in [-0.25, -0.2) is 9.59 Å². The summed E-state index contributed by atoms with van der Waals surface area (Å²) < 4.78 is 25.2. The number of hydrogen-bond donors (Lipinski definition) is 1. The Kier molecular flexibility index (Phi) is 12.2. The van der Waals surface area contributed by atoms with Crippen molar-refractivity contribution >= 4 is 18.0 Å². The molecule has 1 amide bonds. The van der Waals surface area contributed by atoms with E-state index in [-0.39, 0.29) is 35.0 Å². The monoisotopic (exact) mass is 711 g/mol. The molecule has 282 valence electrons. The van der Waals surface area contributed by atoms with Gasteiger partial charge in [0.05, 0.1) is 25.3 Å². The maximum atomic E-state index is 13.3. The van der Waals surface area contributed by atoms with E-state index < -0.39 is 22.6 Å². The number of carboxylic acid groups (broad SMARTS) is 1. The molecular weight excluding hydrogens is 654 g/mol. The van der Waals surface area contributed by atoms with Gasteiger partial charge in [0.25, 0.3) is 0 Å². The van der Waals surface area contributed by atoms with Crippen LogP contribution in [0, 0.1) is 11.3 Å². The fourth-order valence-electron chi connectivity index (χ4n) is 6.59. The van der Waals surface area contributed by atoms with Crippen molar-refractivity contribution in [1.29, 1.82) is 0 Å². The number of aromatic carboxylic acids is 1. The van der Waals surface area contributed by atoms with E-state index in [0.717, 1.165) is 11.1 Å². The molecule has 12 nitrogen and oxygen atoms in total. The van der Waals surface area contributed by atoms with Crippen LogP contribution in [0.15, 0.2) is 29.2 Å². The lowest BCUT2D eigenvalue weighted by molar-refractivity contribution is -0.160. The van der Waals surface area contributed by atoms with Crippen molar-refractivity contribution in [3.05, 3.63) is 45.7 Å². The van der Waals surface area contributed by atoms with E-state index in [0.29, 0.717) is 82.2 Å². The fourth-order valence-corrected chi connectivity index (χ4v) is 6.59. The Morgan fingerprint density at radius 2 is 1.53 bits per heavy atom. The fraction of sp³-hybridized carbons (Fsp3) is 0.641. The number of rotatable bonds is 11. The number of methoxy groups -OCH3 is 1. The molecule has 51 heavy (non-hydrogen) atoms. The summed E-state index contributed by atoms with van der Waals surface area (Å²) in [5.41, 5.74) is 0.235. The third kappa shape index (κ3) is 10.5. The molecule has 3 heterocycles. The highest BCUT2D eigenvalue weighted by atomic mass is 16.6. The Hall–Kier alpha value is -4.06. The zero-order valence-corrected chi connectivity index (χ0v) is 32.1. The van der Waals surface area contributed by atoms with E-state index in [1.54, 1.807) is 12.0 Å². The van der Waals surface area contributed by atoms with Gasteiger partial charge in [-0.1, -0.05) is 20.8 Å². The van der Waals surface area contributed by atoms with Gasteiger partial charge in [0.2, 0.25) is 0 Å². The first-order chi connectivity index (χ1) is 23.7. The van der Waals surface area contributed by atoms with Crippen molar-refractivity contribution in [1.82, 2.24) is 14.4 Å². The Bertz CT molecular complexity index is 1640. The number of pyridine rings is 1. The normalized spacial score (nSPS) is 17.2. The average Bonchev–Trinajstić information content (AvgIpc) is 3.01. The predicted octanol–water partition coefficient (Wildman–Crippen LogP) is 6.43. The molecule has 1 fully saturated rings. The van der Waals surface area contributed by atoms with Gasteiger partial charge in [-0.3, -0.25) is 14.5 Å². The first-order valence-electron chi connectivity index (χ1n) is 17.9. The highest BCUT2D eigenvalue weighted by Crippen LogP contribution is 2.45. The molecule has 4 rings (SSSR count). The summed E-state index contributed by atoms with van der Waals surface area (Å²) in [4.78, 5) is 54.4. The number of fused-ring (bicyclic) bond motifs is 3. The van der Waals surface area contributed by atoms with Gasteiger partial charge in [0.1, 0.15) is 16.8 Å². The summed E-state index contributed by atoms with van der Waals surface area (Å²) in [5, 5.41) is 9.64. The van der Waals surface area contributed by atoms with Crippen LogP contribution < -0.4 is 14.9 Å². The highest BCUT2D eigenvalue weighted by molar-refractivity contribution is 5.88. The second-order valence-electron chi connectivity index (χ2n) is 16.7. The molecule has 1 aromatic heterocycles. The molecule has 2 atom stereocenters. The maximum Gasteiger partial charge on any atom is 0.410 e. The summed E-state index contributed by atoms with van der Waals surface area (Å²) in [6.45, 7) is 21.1. The zero-order chi connectivity index (χ0) is 37.9. The summed E-state index contributed by atoms with van der Waals surface area (Å²) >= 11 is 0. The summed E-state index contributed by atoms with van der Waals surface area (Å²) in [6.07, 6.45) is 3.58. The minimum absolute atomic E-state index is 0.102. The van der Waals surface area contributed by atoms with Gasteiger partial charge < -0.3 is 33.5 Å². The smallest absolute Gasteiger partial charge is 0.410 e. The van der Waals surface area contributed by atoms with Crippen molar-refractivity contribution in [2.45, 2.75) is 105 Å². The second kappa shape index (κ2) is 15.7. The number of ether oxygens (including phenoxy) is 4. The van der Waals surface area contributed by atoms with Crippen LogP contribution in [-0.2, 0) is 20.7 Å². The van der Waals surface area contributed by atoms with Crippen molar-refractivity contribution in [3.8, 4) is 22.8 Å². The van der Waals surface area contributed by atoms with Crippen LogP contribution in [0.25, 0.3) is 11.3 Å². The molecular formula is C39H57N3O9. The first kappa shape index (κ1) is 39.7. The first-order valence-corrected chi connectivity index (χ1v) is 17.9. The van der Waals surface area contributed by atoms with E-state index in [1.807, 2.05) is 58.2 Å². The van der Waals surface area contributed by atoms with Gasteiger partial charge in [0, 0.05) is 50.0 Å². The van der Waals surface area contributed by atoms with Crippen LogP contribution in [0.4, 0.5) is 4.79 Å². The second-order valence-corrected chi connectivity index (χ2v) is 16.7. The van der Waals surface area contributed by atoms with Crippen molar-refractivity contribution < 1.29 is 38.4 Å². The van der Waals surface area contributed by atoms with Crippen molar-refractivity contribution in [2.24, 2.45) is 11.3 Å². The molecule has 1 saturated heterocycles. The topological polar surface area (TPSA) is 137 Å². The average molecular weight is 712 g/mol. The van der Waals surface area contributed by atoms with E-state index in [1.165, 1.54) is 12.3 Å². The van der Waals surface area contributed by atoms with E-state index in [2.05, 4.69) is 25.7 Å². The molecule has 0 aliphatic carbocycles. The predicted molar refractivity (Wildman–Crippen MR) is 195 cm³/mol. The number of aromatic nitrogens is 1. The molecule has 0 bridgehead atoms. The zero-order valence-electron chi connectivity index (χ0n) is 32.1. The van der Waals surface area contributed by atoms with Crippen LogP contribution in [0.1, 0.15) is 104 Å². The minimum atomic E-state index is -1.25. The van der Waals surface area contributed by atoms with Crippen molar-refractivity contribution in [3.63, 3.8) is 0 Å². The molecule has 2 aromatic rings. The number of hydrogen-bond acceptors (Lipinski definition) is 9. The lowest BCUT2D eigenvalue weighted by Crippen LogP contribution is -2.50. The quantitative estimate of drug-likeness (QED) is 0.205. The number of carbonyl (C=O) groups is 3. The summed E-state index contributed by atoms with van der Waals surface area (Å²) in [5.74, 6) is -0.728. The third-order valence-electron chi connectivity index (χ3n) is 9.24. The molecule has 1 N–H and O–H groups in total. The Morgan fingerprint density at radius 1 is 0.882 bits per heavy atom. The lowest BCUT2D eigenvalue weighted by Gasteiger charge is -2.39. The number of carbonyl (C=O) groups excluding carboxylic acids is 2. The molecule has 0 spiro atoms. The van der Waals surface area contributed by atoms with Gasteiger partial charge in [-0.2, -0.15) is 0 Å². The Balaban J connectivity index is 1.44. The Labute approximate surface area is 302 Å². The summed E-state index contributed by atoms with van der Waals surface area (Å²) in [6, 6.07) is 5.10. The van der Waals surface area contributed by atoms with Gasteiger partial charge in [0.15, 0.2) is 16.9 Å². The molecule has 12 heteroatoms. The van der Waals surface area contributed by atoms with Gasteiger partial charge in [-0.15, -0.1) is 0 Å². The Morgan fingerprint density at radius 3 is 2.10 bits per heavy atom. The minimum Gasteiger partial charge on any atom is -0.493 e. The number of carboxylic acids is 1. The number of amides is 1. The SMILES string of the molecule is COc1cc2c(cc1OCCCC(CCN1CCN(C(=O)OC(C)(C)C)CC1)C(=O)OC(C)(C)C)CC(C(C)(C)C)n1cc(C(=O)O)c(=O)cc1-2. The highest BCUT2D eigenvalue weighted by Gasteiger charge is 2.35. The van der Waals surface area contributed by atoms with Crippen molar-refractivity contribution in [2.75, 3.05) is 46.4 Å². The van der Waals surface area contributed by atoms with Crippen LogP contribution in [-0.4, -0.2) is 95.1 Å². The number of esters is 1. The standard InChI is InChI=1S/C39H57N3O9/c1-37(2,3)33-21-26-20-32(31(48-10)22-27(26)29-23-30(43)28(34(44)45)24-42(29)33)49-19-11-12-25(35(46)50-38(4,5)6)13-14-40-15-17-41(18-16-40)36(47)51-39(7,8)9/h20,22-25,33H,11-19,21H2,1-10H3,(H,44,45). The van der Waals surface area contributed by atoms with E-state index in [4.69, 9.17) is 18.9 Å². The molecule has 0 radical (unpaired) electrons. The van der Waals surface area contributed by atoms with E-state index in [9.17, 15) is 24.3 Å². The van der Waals surface area contributed by atoms with Crippen LogP contribution in [0.3, 0.4) is 0 Å². The summed E-state index contributed by atoms with van der Waals surface area (Å²) in [7, 11) is 1.56. The molecule has 1 aromatic carbocycles. The van der Waals surface area contributed by atoms with Crippen LogP contribution in [0.2, 0.25) is 0 Å². The van der Waals surface area contributed by atoms with Gasteiger partial charge >= 0.3 is 18.0 Å². The third-order valence-corrected chi connectivity index (χ3v) is 9.24. The lowest BCUT2D eigenvalue weighted by atomic mass is 9.78. The van der Waals surface area contributed by atoms with Crippen LogP contribution in [0.5, 0.6) is 11.5 Å². The van der Waals surface area contributed by atoms with Crippen LogP contribution >= 0.6 is 0 Å². The number of benzene rings is 1. The number of nitrogens with zero attached hydrogens (tertiary/aromatic N) is 3. The molecule has 2 aliphatic heterocycles. The number of piperazine rings is 1. The molecule has 0 saturated carbocycles.